The maximum absolute atomic E-state index is 12.2. The molecule has 21 heavy (non-hydrogen) atoms. The SMILES string of the molecule is Cc1ccc(NC(=O)CN2CCC3CCCCC32)cc1N. The van der Waals surface area contributed by atoms with Gasteiger partial charge in [0, 0.05) is 17.4 Å². The standard InChI is InChI=1S/C17H25N3O/c1-12-6-7-14(10-15(12)18)19-17(21)11-20-9-8-13-4-2-3-5-16(13)20/h6-7,10,13,16H,2-5,8-9,11,18H2,1H3,(H,19,21). The summed E-state index contributed by atoms with van der Waals surface area (Å²) in [5.74, 6) is 0.894. The molecule has 2 aliphatic rings. The highest BCUT2D eigenvalue weighted by Crippen LogP contribution is 2.35. The zero-order valence-corrected chi connectivity index (χ0v) is 12.8. The van der Waals surface area contributed by atoms with E-state index in [9.17, 15) is 4.79 Å². The molecule has 1 heterocycles. The molecule has 3 rings (SSSR count). The molecule has 0 radical (unpaired) electrons. The van der Waals surface area contributed by atoms with E-state index in [1.807, 2.05) is 25.1 Å². The quantitative estimate of drug-likeness (QED) is 0.840. The first-order valence-electron chi connectivity index (χ1n) is 8.03. The highest BCUT2D eigenvalue weighted by atomic mass is 16.2. The van der Waals surface area contributed by atoms with Crippen molar-refractivity contribution in [1.29, 1.82) is 0 Å². The predicted octanol–water partition coefficient (Wildman–Crippen LogP) is 2.78. The molecule has 0 aromatic heterocycles. The number of carbonyl (C=O) groups is 1. The summed E-state index contributed by atoms with van der Waals surface area (Å²) in [6.45, 7) is 3.54. The molecular formula is C17H25N3O. The first-order valence-corrected chi connectivity index (χ1v) is 8.03. The monoisotopic (exact) mass is 287 g/mol. The molecule has 1 aromatic rings. The second-order valence-electron chi connectivity index (χ2n) is 6.49. The molecular weight excluding hydrogens is 262 g/mol. The minimum absolute atomic E-state index is 0.0736. The van der Waals surface area contributed by atoms with Gasteiger partial charge in [0.2, 0.25) is 5.91 Å². The van der Waals surface area contributed by atoms with Gasteiger partial charge < -0.3 is 11.1 Å². The first-order chi connectivity index (χ1) is 10.1. The molecule has 0 bridgehead atoms. The van der Waals surface area contributed by atoms with E-state index in [1.54, 1.807) is 0 Å². The number of likely N-dealkylation sites (tertiary alicyclic amines) is 1. The summed E-state index contributed by atoms with van der Waals surface area (Å²) >= 11 is 0. The smallest absolute Gasteiger partial charge is 0.238 e. The van der Waals surface area contributed by atoms with Crippen LogP contribution in [0, 0.1) is 12.8 Å². The lowest BCUT2D eigenvalue weighted by Gasteiger charge is -2.31. The van der Waals surface area contributed by atoms with Crippen LogP contribution in [-0.2, 0) is 4.79 Å². The molecule has 2 fully saturated rings. The molecule has 2 atom stereocenters. The van der Waals surface area contributed by atoms with Crippen molar-refractivity contribution in [3.63, 3.8) is 0 Å². The Labute approximate surface area is 126 Å². The number of nitrogens with one attached hydrogen (secondary N) is 1. The average Bonchev–Trinajstić information content (AvgIpc) is 2.86. The van der Waals surface area contributed by atoms with E-state index in [0.717, 1.165) is 29.4 Å². The van der Waals surface area contributed by atoms with E-state index >= 15 is 0 Å². The third-order valence-corrected chi connectivity index (χ3v) is 5.03. The van der Waals surface area contributed by atoms with Crippen molar-refractivity contribution in [3.05, 3.63) is 23.8 Å². The van der Waals surface area contributed by atoms with Crippen molar-refractivity contribution < 1.29 is 4.79 Å². The Hall–Kier alpha value is -1.55. The fourth-order valence-electron chi connectivity index (χ4n) is 3.80. The largest absolute Gasteiger partial charge is 0.398 e. The molecule has 4 nitrogen and oxygen atoms in total. The minimum Gasteiger partial charge on any atom is -0.398 e. The number of nitrogens with two attached hydrogens (primary N) is 1. The van der Waals surface area contributed by atoms with E-state index in [0.29, 0.717) is 12.6 Å². The van der Waals surface area contributed by atoms with Crippen molar-refractivity contribution in [3.8, 4) is 0 Å². The molecule has 114 valence electrons. The molecule has 0 spiro atoms. The van der Waals surface area contributed by atoms with Gasteiger partial charge in [0.1, 0.15) is 0 Å². The number of hydrogen-bond donors (Lipinski definition) is 2. The minimum atomic E-state index is 0.0736. The Bertz CT molecular complexity index is 529. The number of hydrogen-bond acceptors (Lipinski definition) is 3. The molecule has 1 aliphatic carbocycles. The fourth-order valence-corrected chi connectivity index (χ4v) is 3.80. The van der Waals surface area contributed by atoms with Crippen LogP contribution in [0.2, 0.25) is 0 Å². The summed E-state index contributed by atoms with van der Waals surface area (Å²) in [7, 11) is 0. The van der Waals surface area contributed by atoms with Crippen LogP contribution >= 0.6 is 0 Å². The number of fused-ring (bicyclic) bond motifs is 1. The van der Waals surface area contributed by atoms with Crippen LogP contribution in [0.4, 0.5) is 11.4 Å². The number of nitrogens with zero attached hydrogens (tertiary/aromatic N) is 1. The number of anilines is 2. The first kappa shape index (κ1) is 14.4. The van der Waals surface area contributed by atoms with Crippen molar-refractivity contribution in [2.75, 3.05) is 24.1 Å². The Morgan fingerprint density at radius 3 is 2.95 bits per heavy atom. The van der Waals surface area contributed by atoms with Crippen molar-refractivity contribution >= 4 is 17.3 Å². The average molecular weight is 287 g/mol. The van der Waals surface area contributed by atoms with Crippen molar-refractivity contribution in [2.45, 2.75) is 45.1 Å². The highest BCUT2D eigenvalue weighted by molar-refractivity contribution is 5.92. The van der Waals surface area contributed by atoms with E-state index in [4.69, 9.17) is 5.73 Å². The molecule has 2 unspecified atom stereocenters. The van der Waals surface area contributed by atoms with Gasteiger partial charge in [0.25, 0.3) is 0 Å². The number of nitrogen functional groups attached to an aromatic ring is 1. The molecule has 1 saturated carbocycles. The molecule has 1 amide bonds. The van der Waals surface area contributed by atoms with Gasteiger partial charge in [-0.1, -0.05) is 18.9 Å². The topological polar surface area (TPSA) is 58.4 Å². The summed E-state index contributed by atoms with van der Waals surface area (Å²) in [4.78, 5) is 14.6. The lowest BCUT2D eigenvalue weighted by atomic mass is 9.85. The summed E-state index contributed by atoms with van der Waals surface area (Å²) in [5.41, 5.74) is 8.44. The Kier molecular flexibility index (Phi) is 4.15. The molecule has 4 heteroatoms. The summed E-state index contributed by atoms with van der Waals surface area (Å²) in [5, 5.41) is 2.97. The van der Waals surface area contributed by atoms with E-state index in [2.05, 4.69) is 10.2 Å². The van der Waals surface area contributed by atoms with Gasteiger partial charge in [-0.3, -0.25) is 9.69 Å². The molecule has 1 aliphatic heterocycles. The maximum Gasteiger partial charge on any atom is 0.238 e. The van der Waals surface area contributed by atoms with Crippen LogP contribution in [0.1, 0.15) is 37.7 Å². The number of benzene rings is 1. The van der Waals surface area contributed by atoms with Crippen molar-refractivity contribution in [2.24, 2.45) is 5.92 Å². The van der Waals surface area contributed by atoms with Gasteiger partial charge in [-0.15, -0.1) is 0 Å². The number of rotatable bonds is 3. The van der Waals surface area contributed by atoms with Gasteiger partial charge in [-0.25, -0.2) is 0 Å². The van der Waals surface area contributed by atoms with Gasteiger partial charge in [-0.05, 0) is 56.3 Å². The second kappa shape index (κ2) is 6.06. The molecule has 1 saturated heterocycles. The van der Waals surface area contributed by atoms with E-state index < -0.39 is 0 Å². The summed E-state index contributed by atoms with van der Waals surface area (Å²) in [6.07, 6.45) is 6.54. The lowest BCUT2D eigenvalue weighted by molar-refractivity contribution is -0.117. The summed E-state index contributed by atoms with van der Waals surface area (Å²) in [6, 6.07) is 6.32. The van der Waals surface area contributed by atoms with Crippen LogP contribution in [0.3, 0.4) is 0 Å². The zero-order valence-electron chi connectivity index (χ0n) is 12.8. The third kappa shape index (κ3) is 3.21. The van der Waals surface area contributed by atoms with Crippen LogP contribution < -0.4 is 11.1 Å². The van der Waals surface area contributed by atoms with Crippen LogP contribution in [0.15, 0.2) is 18.2 Å². The second-order valence-corrected chi connectivity index (χ2v) is 6.49. The van der Waals surface area contributed by atoms with Gasteiger partial charge in [0.05, 0.1) is 6.54 Å². The Morgan fingerprint density at radius 1 is 1.33 bits per heavy atom. The predicted molar refractivity (Wildman–Crippen MR) is 86.2 cm³/mol. The Morgan fingerprint density at radius 2 is 2.14 bits per heavy atom. The fraction of sp³-hybridized carbons (Fsp3) is 0.588. The third-order valence-electron chi connectivity index (χ3n) is 5.03. The van der Waals surface area contributed by atoms with E-state index in [-0.39, 0.29) is 5.91 Å². The number of carbonyl (C=O) groups excluding carboxylic acids is 1. The van der Waals surface area contributed by atoms with Gasteiger partial charge in [0.15, 0.2) is 0 Å². The van der Waals surface area contributed by atoms with Gasteiger partial charge >= 0.3 is 0 Å². The number of aryl methyl sites for hydroxylation is 1. The number of amides is 1. The zero-order chi connectivity index (χ0) is 14.8. The van der Waals surface area contributed by atoms with Crippen LogP contribution in [0.5, 0.6) is 0 Å². The Balaban J connectivity index is 1.57. The lowest BCUT2D eigenvalue weighted by Crippen LogP contribution is -2.39. The van der Waals surface area contributed by atoms with Gasteiger partial charge in [-0.2, -0.15) is 0 Å². The molecule has 1 aromatic carbocycles. The molecule has 3 N–H and O–H groups in total. The van der Waals surface area contributed by atoms with Crippen molar-refractivity contribution in [1.82, 2.24) is 4.90 Å². The maximum atomic E-state index is 12.2. The van der Waals surface area contributed by atoms with E-state index in [1.165, 1.54) is 32.1 Å². The van der Waals surface area contributed by atoms with Crippen LogP contribution in [0.25, 0.3) is 0 Å². The summed E-state index contributed by atoms with van der Waals surface area (Å²) < 4.78 is 0. The van der Waals surface area contributed by atoms with Crippen LogP contribution in [-0.4, -0.2) is 29.9 Å². The normalized spacial score (nSPS) is 25.6. The highest BCUT2D eigenvalue weighted by Gasteiger charge is 2.36.